The Morgan fingerprint density at radius 1 is 0.864 bits per heavy atom. The van der Waals surface area contributed by atoms with Crippen molar-refractivity contribution in [3.05, 3.63) is 0 Å². The molecule has 22 heavy (non-hydrogen) atoms. The van der Waals surface area contributed by atoms with Crippen LogP contribution in [0.4, 0.5) is 17.6 Å². The molecule has 0 aliphatic heterocycles. The summed E-state index contributed by atoms with van der Waals surface area (Å²) < 4.78 is 62.1. The molecule has 130 valence electrons. The first-order valence-electron chi connectivity index (χ1n) is 8.30. The van der Waals surface area contributed by atoms with Gasteiger partial charge < -0.3 is 9.84 Å². The quantitative estimate of drug-likeness (QED) is 0.783. The van der Waals surface area contributed by atoms with E-state index < -0.39 is 55.2 Å². The minimum Gasteiger partial charge on any atom is -0.396 e. The van der Waals surface area contributed by atoms with Crippen LogP contribution in [0.1, 0.15) is 39.0 Å². The second-order valence-electron chi connectivity index (χ2n) is 6.61. The van der Waals surface area contributed by atoms with Crippen LogP contribution in [0.15, 0.2) is 0 Å². The van der Waals surface area contributed by atoms with E-state index in [-0.39, 0.29) is 0 Å². The van der Waals surface area contributed by atoms with E-state index in [0.29, 0.717) is 32.3 Å². The van der Waals surface area contributed by atoms with Crippen LogP contribution in [0.5, 0.6) is 0 Å². The molecule has 8 unspecified atom stereocenters. The third kappa shape index (κ3) is 3.58. The molecule has 0 aromatic carbocycles. The largest absolute Gasteiger partial charge is 0.396 e. The molecule has 0 radical (unpaired) electrons. The first-order chi connectivity index (χ1) is 10.5. The van der Waals surface area contributed by atoms with E-state index in [9.17, 15) is 17.6 Å². The molecule has 2 saturated carbocycles. The number of hydrogen-bond acceptors (Lipinski definition) is 2. The van der Waals surface area contributed by atoms with Gasteiger partial charge in [-0.05, 0) is 43.9 Å². The van der Waals surface area contributed by atoms with Gasteiger partial charge in [0.05, 0.1) is 6.10 Å². The lowest BCUT2D eigenvalue weighted by Gasteiger charge is -2.43. The van der Waals surface area contributed by atoms with Gasteiger partial charge in [0, 0.05) is 19.1 Å². The van der Waals surface area contributed by atoms with Crippen molar-refractivity contribution >= 4 is 0 Å². The van der Waals surface area contributed by atoms with Gasteiger partial charge in [-0.15, -0.1) is 0 Å². The highest BCUT2D eigenvalue weighted by Crippen LogP contribution is 2.44. The van der Waals surface area contributed by atoms with Gasteiger partial charge in [0.2, 0.25) is 0 Å². The Morgan fingerprint density at radius 3 is 2.05 bits per heavy atom. The fraction of sp³-hybridized carbons (Fsp3) is 1.00. The van der Waals surface area contributed by atoms with Crippen molar-refractivity contribution in [3.63, 3.8) is 0 Å². The van der Waals surface area contributed by atoms with Gasteiger partial charge in [-0.3, -0.25) is 0 Å². The van der Waals surface area contributed by atoms with E-state index in [2.05, 4.69) is 0 Å². The third-order valence-electron chi connectivity index (χ3n) is 5.21. The first kappa shape index (κ1) is 18.0. The van der Waals surface area contributed by atoms with Gasteiger partial charge in [0.1, 0.15) is 18.5 Å². The Bertz CT molecular complexity index is 344. The summed E-state index contributed by atoms with van der Waals surface area (Å²) in [5.74, 6) is -2.34. The number of halogens is 4. The molecule has 6 heteroatoms. The van der Waals surface area contributed by atoms with Crippen molar-refractivity contribution in [2.75, 3.05) is 13.2 Å². The predicted octanol–water partition coefficient (Wildman–Crippen LogP) is 3.56. The lowest BCUT2D eigenvalue weighted by Crippen LogP contribution is -2.50. The van der Waals surface area contributed by atoms with Crippen LogP contribution in [-0.4, -0.2) is 49.1 Å². The van der Waals surface area contributed by atoms with Crippen LogP contribution < -0.4 is 0 Å². The Hall–Kier alpha value is -0.360. The number of ether oxygens (including phenoxy) is 1. The molecule has 0 saturated heterocycles. The molecule has 0 heterocycles. The maximum Gasteiger partial charge on any atom is 0.157 e. The van der Waals surface area contributed by atoms with Crippen molar-refractivity contribution in [2.45, 2.75) is 69.8 Å². The average Bonchev–Trinajstić information content (AvgIpc) is 2.52. The van der Waals surface area contributed by atoms with Crippen LogP contribution in [0.2, 0.25) is 0 Å². The monoisotopic (exact) mass is 326 g/mol. The molecule has 0 spiro atoms. The predicted molar refractivity (Wildman–Crippen MR) is 75.6 cm³/mol. The van der Waals surface area contributed by atoms with Crippen LogP contribution in [0.3, 0.4) is 0 Å². The van der Waals surface area contributed by atoms with Crippen molar-refractivity contribution in [1.82, 2.24) is 0 Å². The molecule has 2 fully saturated rings. The van der Waals surface area contributed by atoms with Gasteiger partial charge in [-0.25, -0.2) is 17.6 Å². The van der Waals surface area contributed by atoms with Crippen molar-refractivity contribution < 1.29 is 27.4 Å². The van der Waals surface area contributed by atoms with Crippen LogP contribution in [0.25, 0.3) is 0 Å². The molecule has 0 aromatic rings. The lowest BCUT2D eigenvalue weighted by atomic mass is 9.68. The standard InChI is InChI=1S/C16H26F4O2/c1-2-7-22-12-6-5-11(15(19)16(12)20)10-4-3-9(8-21)13(17)14(10)18/h9-16,21H,2-8H2,1H3. The Kier molecular flexibility index (Phi) is 6.50. The zero-order chi connectivity index (χ0) is 16.3. The number of aliphatic hydroxyl groups is 1. The maximum absolute atomic E-state index is 14.4. The summed E-state index contributed by atoms with van der Waals surface area (Å²) in [4.78, 5) is 0. The van der Waals surface area contributed by atoms with Crippen molar-refractivity contribution in [3.8, 4) is 0 Å². The molecule has 0 amide bonds. The van der Waals surface area contributed by atoms with Gasteiger partial charge >= 0.3 is 0 Å². The second kappa shape index (κ2) is 7.95. The highest BCUT2D eigenvalue weighted by Gasteiger charge is 2.50. The fourth-order valence-electron chi connectivity index (χ4n) is 3.87. The summed E-state index contributed by atoms with van der Waals surface area (Å²) in [5.41, 5.74) is 0. The van der Waals surface area contributed by atoms with Crippen LogP contribution in [-0.2, 0) is 4.74 Å². The smallest absolute Gasteiger partial charge is 0.157 e. The zero-order valence-electron chi connectivity index (χ0n) is 12.9. The minimum absolute atomic E-state index is 0.297. The van der Waals surface area contributed by atoms with Crippen molar-refractivity contribution in [1.29, 1.82) is 0 Å². The first-order valence-corrected chi connectivity index (χ1v) is 8.30. The van der Waals surface area contributed by atoms with E-state index in [1.165, 1.54) is 0 Å². The highest BCUT2D eigenvalue weighted by molar-refractivity contribution is 4.98. The topological polar surface area (TPSA) is 29.5 Å². The fourth-order valence-corrected chi connectivity index (χ4v) is 3.87. The number of rotatable bonds is 5. The summed E-state index contributed by atoms with van der Waals surface area (Å²) in [5, 5.41) is 9.03. The SMILES string of the molecule is CCCOC1CCC(C2CCC(CO)C(F)C2F)C(F)C1F. The summed E-state index contributed by atoms with van der Waals surface area (Å²) in [6, 6.07) is 0. The lowest BCUT2D eigenvalue weighted by molar-refractivity contribution is -0.106. The van der Waals surface area contributed by atoms with E-state index in [4.69, 9.17) is 9.84 Å². The normalized spacial score (nSPS) is 46.6. The van der Waals surface area contributed by atoms with Gasteiger partial charge in [0.25, 0.3) is 0 Å². The summed E-state index contributed by atoms with van der Waals surface area (Å²) in [6.45, 7) is 1.86. The van der Waals surface area contributed by atoms with E-state index in [1.807, 2.05) is 6.92 Å². The minimum atomic E-state index is -1.82. The molecule has 0 aromatic heterocycles. The van der Waals surface area contributed by atoms with E-state index in [1.54, 1.807) is 0 Å². The molecule has 8 atom stereocenters. The average molecular weight is 326 g/mol. The van der Waals surface area contributed by atoms with Crippen molar-refractivity contribution in [2.24, 2.45) is 17.8 Å². The number of hydrogen-bond donors (Lipinski definition) is 1. The molecular weight excluding hydrogens is 300 g/mol. The van der Waals surface area contributed by atoms with Gasteiger partial charge in [-0.1, -0.05) is 6.92 Å². The molecule has 2 aliphatic carbocycles. The van der Waals surface area contributed by atoms with E-state index >= 15 is 0 Å². The number of aliphatic hydroxyl groups excluding tert-OH is 1. The highest BCUT2D eigenvalue weighted by atomic mass is 19.2. The Balaban J connectivity index is 1.98. The second-order valence-corrected chi connectivity index (χ2v) is 6.61. The molecule has 2 aliphatic rings. The van der Waals surface area contributed by atoms with Crippen LogP contribution in [0, 0.1) is 17.8 Å². The molecule has 1 N–H and O–H groups in total. The zero-order valence-corrected chi connectivity index (χ0v) is 12.9. The third-order valence-corrected chi connectivity index (χ3v) is 5.21. The molecule has 2 nitrogen and oxygen atoms in total. The molecule has 2 rings (SSSR count). The maximum atomic E-state index is 14.4. The summed E-state index contributed by atoms with van der Waals surface area (Å²) in [7, 11) is 0. The van der Waals surface area contributed by atoms with E-state index in [0.717, 1.165) is 6.42 Å². The summed E-state index contributed by atoms with van der Waals surface area (Å²) >= 11 is 0. The Morgan fingerprint density at radius 2 is 1.45 bits per heavy atom. The van der Waals surface area contributed by atoms with Gasteiger partial charge in [-0.2, -0.15) is 0 Å². The van der Waals surface area contributed by atoms with Crippen LogP contribution >= 0.6 is 0 Å². The van der Waals surface area contributed by atoms with Gasteiger partial charge in [0.15, 0.2) is 6.17 Å². The summed E-state index contributed by atoms with van der Waals surface area (Å²) in [6.07, 6.45) is -5.97. The number of alkyl halides is 4. The molecular formula is C16H26F4O2. The molecule has 0 bridgehead atoms. The Labute approximate surface area is 129 Å².